The fourth-order valence-corrected chi connectivity index (χ4v) is 2.68. The van der Waals surface area contributed by atoms with E-state index in [2.05, 4.69) is 15.5 Å². The minimum Gasteiger partial charge on any atom is -0.356 e. The van der Waals surface area contributed by atoms with Gasteiger partial charge in [-0.3, -0.25) is 19.3 Å². The molecular formula is C17H32N4O3. The standard InChI is InChI=1S/C17H32N4O3/c1-4-8-18-15(22)12-20(3)16(23)13-21-10-6-14(7-11-21)17(24)19-9-5-2/h14H,4-13H2,1-3H3,(H,18,22)(H,19,24). The molecule has 1 rings (SSSR count). The van der Waals surface area contributed by atoms with Gasteiger partial charge >= 0.3 is 0 Å². The van der Waals surface area contributed by atoms with Crippen molar-refractivity contribution in [1.29, 1.82) is 0 Å². The van der Waals surface area contributed by atoms with Gasteiger partial charge in [0.25, 0.3) is 0 Å². The van der Waals surface area contributed by atoms with E-state index >= 15 is 0 Å². The SMILES string of the molecule is CCCNC(=O)CN(C)C(=O)CN1CCC(C(=O)NCCC)CC1. The third-order valence-corrected chi connectivity index (χ3v) is 4.25. The molecule has 0 aliphatic carbocycles. The van der Waals surface area contributed by atoms with Crippen molar-refractivity contribution in [3.63, 3.8) is 0 Å². The summed E-state index contributed by atoms with van der Waals surface area (Å²) in [6.45, 7) is 7.26. The second-order valence-electron chi connectivity index (χ2n) is 6.44. The molecule has 1 aliphatic rings. The third-order valence-electron chi connectivity index (χ3n) is 4.25. The highest BCUT2D eigenvalue weighted by Gasteiger charge is 2.26. The van der Waals surface area contributed by atoms with E-state index in [4.69, 9.17) is 0 Å². The maximum Gasteiger partial charge on any atom is 0.239 e. The predicted molar refractivity (Wildman–Crippen MR) is 93.4 cm³/mol. The van der Waals surface area contributed by atoms with Crippen LogP contribution in [0, 0.1) is 5.92 Å². The zero-order valence-corrected chi connectivity index (χ0v) is 15.3. The van der Waals surface area contributed by atoms with Gasteiger partial charge in [0.1, 0.15) is 0 Å². The Morgan fingerprint density at radius 3 is 2.21 bits per heavy atom. The Labute approximate surface area is 145 Å². The van der Waals surface area contributed by atoms with E-state index in [1.54, 1.807) is 7.05 Å². The van der Waals surface area contributed by atoms with Crippen LogP contribution in [0.25, 0.3) is 0 Å². The Morgan fingerprint density at radius 1 is 1.04 bits per heavy atom. The lowest BCUT2D eigenvalue weighted by Crippen LogP contribution is -2.46. The average Bonchev–Trinajstić information content (AvgIpc) is 2.58. The van der Waals surface area contributed by atoms with Gasteiger partial charge < -0.3 is 15.5 Å². The average molecular weight is 340 g/mol. The summed E-state index contributed by atoms with van der Waals surface area (Å²) >= 11 is 0. The summed E-state index contributed by atoms with van der Waals surface area (Å²) in [6.07, 6.45) is 3.38. The smallest absolute Gasteiger partial charge is 0.239 e. The molecule has 1 heterocycles. The molecule has 0 atom stereocenters. The normalized spacial score (nSPS) is 15.8. The topological polar surface area (TPSA) is 81.8 Å². The molecule has 0 spiro atoms. The van der Waals surface area contributed by atoms with E-state index < -0.39 is 0 Å². The molecule has 1 saturated heterocycles. The fraction of sp³-hybridized carbons (Fsp3) is 0.824. The van der Waals surface area contributed by atoms with Gasteiger partial charge in [0, 0.05) is 26.1 Å². The molecule has 0 aromatic heterocycles. The van der Waals surface area contributed by atoms with E-state index in [0.717, 1.165) is 45.3 Å². The molecule has 7 nitrogen and oxygen atoms in total. The molecule has 7 heteroatoms. The summed E-state index contributed by atoms with van der Waals surface area (Å²) in [6, 6.07) is 0. The Kier molecular flexibility index (Phi) is 9.37. The number of hydrogen-bond donors (Lipinski definition) is 2. The van der Waals surface area contributed by atoms with Crippen LogP contribution in [-0.2, 0) is 14.4 Å². The number of rotatable bonds is 9. The summed E-state index contributed by atoms with van der Waals surface area (Å²) in [7, 11) is 1.65. The molecule has 0 aromatic rings. The second kappa shape index (κ2) is 11.0. The van der Waals surface area contributed by atoms with Crippen LogP contribution in [0.4, 0.5) is 0 Å². The highest BCUT2D eigenvalue weighted by atomic mass is 16.2. The zero-order chi connectivity index (χ0) is 17.9. The Bertz CT molecular complexity index is 420. The maximum absolute atomic E-state index is 12.2. The summed E-state index contributed by atoms with van der Waals surface area (Å²) in [5.74, 6) is 0.00234. The van der Waals surface area contributed by atoms with Crippen molar-refractivity contribution in [2.75, 3.05) is 46.3 Å². The van der Waals surface area contributed by atoms with Gasteiger partial charge in [-0.25, -0.2) is 0 Å². The number of amides is 3. The molecule has 0 aromatic carbocycles. The van der Waals surface area contributed by atoms with Crippen LogP contribution >= 0.6 is 0 Å². The molecule has 3 amide bonds. The molecule has 24 heavy (non-hydrogen) atoms. The van der Waals surface area contributed by atoms with Crippen molar-refractivity contribution < 1.29 is 14.4 Å². The molecule has 0 bridgehead atoms. The monoisotopic (exact) mass is 340 g/mol. The lowest BCUT2D eigenvalue weighted by molar-refractivity contribution is -0.136. The van der Waals surface area contributed by atoms with Crippen LogP contribution in [0.15, 0.2) is 0 Å². The van der Waals surface area contributed by atoms with Crippen molar-refractivity contribution in [1.82, 2.24) is 20.4 Å². The summed E-state index contributed by atoms with van der Waals surface area (Å²) in [5.41, 5.74) is 0. The third kappa shape index (κ3) is 7.29. The Balaban J connectivity index is 2.29. The molecular weight excluding hydrogens is 308 g/mol. The molecule has 0 unspecified atom stereocenters. The summed E-state index contributed by atoms with van der Waals surface area (Å²) in [5, 5.41) is 5.70. The maximum atomic E-state index is 12.2. The summed E-state index contributed by atoms with van der Waals surface area (Å²) in [4.78, 5) is 39.3. The van der Waals surface area contributed by atoms with Gasteiger partial charge in [0.2, 0.25) is 17.7 Å². The van der Waals surface area contributed by atoms with Crippen molar-refractivity contribution in [2.24, 2.45) is 5.92 Å². The molecule has 138 valence electrons. The lowest BCUT2D eigenvalue weighted by atomic mass is 9.96. The number of nitrogens with zero attached hydrogens (tertiary/aromatic N) is 2. The first kappa shape index (κ1) is 20.4. The molecule has 0 saturated carbocycles. The van der Waals surface area contributed by atoms with Crippen LogP contribution in [-0.4, -0.2) is 73.8 Å². The van der Waals surface area contributed by atoms with Crippen LogP contribution in [0.2, 0.25) is 0 Å². The fourth-order valence-electron chi connectivity index (χ4n) is 2.68. The minimum atomic E-state index is -0.126. The van der Waals surface area contributed by atoms with Crippen LogP contribution < -0.4 is 10.6 Å². The van der Waals surface area contributed by atoms with Gasteiger partial charge in [-0.1, -0.05) is 13.8 Å². The van der Waals surface area contributed by atoms with Gasteiger partial charge in [0.15, 0.2) is 0 Å². The van der Waals surface area contributed by atoms with E-state index in [0.29, 0.717) is 13.1 Å². The van der Waals surface area contributed by atoms with Crippen LogP contribution in [0.3, 0.4) is 0 Å². The quantitative estimate of drug-likeness (QED) is 0.629. The zero-order valence-electron chi connectivity index (χ0n) is 15.3. The first-order valence-electron chi connectivity index (χ1n) is 8.98. The highest BCUT2D eigenvalue weighted by molar-refractivity contribution is 5.85. The van der Waals surface area contributed by atoms with Gasteiger partial charge in [-0.05, 0) is 38.8 Å². The van der Waals surface area contributed by atoms with Crippen molar-refractivity contribution in [3.05, 3.63) is 0 Å². The molecule has 1 fully saturated rings. The Morgan fingerprint density at radius 2 is 1.62 bits per heavy atom. The predicted octanol–water partition coefficient (Wildman–Crippen LogP) is 0.209. The molecule has 1 aliphatic heterocycles. The van der Waals surface area contributed by atoms with Crippen molar-refractivity contribution in [3.8, 4) is 0 Å². The van der Waals surface area contributed by atoms with Crippen LogP contribution in [0.5, 0.6) is 0 Å². The highest BCUT2D eigenvalue weighted by Crippen LogP contribution is 2.17. The number of likely N-dealkylation sites (N-methyl/N-ethyl adjacent to an activating group) is 1. The largest absolute Gasteiger partial charge is 0.356 e. The van der Waals surface area contributed by atoms with Crippen molar-refractivity contribution in [2.45, 2.75) is 39.5 Å². The number of carbonyl (C=O) groups is 3. The second-order valence-corrected chi connectivity index (χ2v) is 6.44. The van der Waals surface area contributed by atoms with Gasteiger partial charge in [0.05, 0.1) is 13.1 Å². The number of carbonyl (C=O) groups excluding carboxylic acids is 3. The number of likely N-dealkylation sites (tertiary alicyclic amines) is 1. The van der Waals surface area contributed by atoms with E-state index in [9.17, 15) is 14.4 Å². The van der Waals surface area contributed by atoms with Crippen LogP contribution in [0.1, 0.15) is 39.5 Å². The number of nitrogens with one attached hydrogen (secondary N) is 2. The number of piperidine rings is 1. The summed E-state index contributed by atoms with van der Waals surface area (Å²) < 4.78 is 0. The Hall–Kier alpha value is -1.63. The molecule has 2 N–H and O–H groups in total. The lowest BCUT2D eigenvalue weighted by Gasteiger charge is -2.31. The van der Waals surface area contributed by atoms with E-state index in [1.165, 1.54) is 4.90 Å². The van der Waals surface area contributed by atoms with Gasteiger partial charge in [-0.15, -0.1) is 0 Å². The number of hydrogen-bond acceptors (Lipinski definition) is 4. The minimum absolute atomic E-state index is 0.0560. The van der Waals surface area contributed by atoms with Crippen molar-refractivity contribution >= 4 is 17.7 Å². The first-order valence-corrected chi connectivity index (χ1v) is 8.98. The van der Waals surface area contributed by atoms with E-state index in [1.807, 2.05) is 13.8 Å². The first-order chi connectivity index (χ1) is 11.5. The van der Waals surface area contributed by atoms with Gasteiger partial charge in [-0.2, -0.15) is 0 Å². The van der Waals surface area contributed by atoms with E-state index in [-0.39, 0.29) is 30.2 Å². The molecule has 0 radical (unpaired) electrons.